The Hall–Kier alpha value is -3.46. The summed E-state index contributed by atoms with van der Waals surface area (Å²) in [7, 11) is 0. The smallest absolute Gasteiger partial charge is 0.410 e. The van der Waals surface area contributed by atoms with Gasteiger partial charge in [-0.05, 0) is 39.7 Å². The summed E-state index contributed by atoms with van der Waals surface area (Å²) in [4.78, 5) is 30.6. The van der Waals surface area contributed by atoms with Crippen molar-refractivity contribution in [2.24, 2.45) is 0 Å². The molecule has 1 unspecified atom stereocenters. The van der Waals surface area contributed by atoms with Crippen LogP contribution in [0.25, 0.3) is 10.8 Å². The van der Waals surface area contributed by atoms with Gasteiger partial charge in [-0.2, -0.15) is 5.10 Å². The molecule has 2 aromatic heterocycles. The molecule has 0 aliphatic carbocycles. The Kier molecular flexibility index (Phi) is 5.08. The highest BCUT2D eigenvalue weighted by molar-refractivity contribution is 6.24. The van der Waals surface area contributed by atoms with E-state index in [1.807, 2.05) is 37.7 Å². The van der Waals surface area contributed by atoms with Crippen molar-refractivity contribution >= 4 is 28.5 Å². The third-order valence-corrected chi connectivity index (χ3v) is 6.12. The number of pyridine rings is 1. The molecule has 5 rings (SSSR count). The number of likely N-dealkylation sites (tertiary alicyclic amines) is 1. The summed E-state index contributed by atoms with van der Waals surface area (Å²) >= 11 is 0. The fourth-order valence-corrected chi connectivity index (χ4v) is 4.51. The summed E-state index contributed by atoms with van der Waals surface area (Å²) in [5.74, 6) is -0.158. The zero-order valence-corrected chi connectivity index (χ0v) is 18.9. The first-order chi connectivity index (χ1) is 15.7. The molecule has 4 heterocycles. The number of rotatable bonds is 3. The second-order valence-corrected chi connectivity index (χ2v) is 9.59. The van der Waals surface area contributed by atoms with E-state index in [0.717, 1.165) is 23.6 Å². The topological polar surface area (TPSA) is 110 Å². The molecule has 2 amide bonds. The van der Waals surface area contributed by atoms with E-state index in [0.29, 0.717) is 35.6 Å². The van der Waals surface area contributed by atoms with Crippen LogP contribution in [0.15, 0.2) is 36.8 Å². The van der Waals surface area contributed by atoms with Gasteiger partial charge in [0.05, 0.1) is 29.8 Å². The van der Waals surface area contributed by atoms with Crippen LogP contribution in [0, 0.1) is 0 Å². The van der Waals surface area contributed by atoms with Crippen LogP contribution in [-0.2, 0) is 4.74 Å². The number of aromatic nitrogens is 3. The van der Waals surface area contributed by atoms with Crippen LogP contribution in [-0.4, -0.2) is 55.5 Å². The number of benzene rings is 1. The van der Waals surface area contributed by atoms with Crippen LogP contribution in [0.4, 0.5) is 10.5 Å². The van der Waals surface area contributed by atoms with E-state index >= 15 is 0 Å². The van der Waals surface area contributed by atoms with Crippen LogP contribution in [0.3, 0.4) is 0 Å². The number of ether oxygens (including phenoxy) is 1. The Morgan fingerprint density at radius 3 is 2.73 bits per heavy atom. The number of anilines is 1. The number of aliphatic hydroxyl groups is 1. The average molecular weight is 450 g/mol. The van der Waals surface area contributed by atoms with Gasteiger partial charge in [-0.3, -0.25) is 14.5 Å². The highest BCUT2D eigenvalue weighted by Crippen LogP contribution is 2.37. The van der Waals surface area contributed by atoms with Crippen molar-refractivity contribution in [2.75, 3.05) is 18.4 Å². The Balaban J connectivity index is 1.32. The maximum atomic E-state index is 12.3. The summed E-state index contributed by atoms with van der Waals surface area (Å²) < 4.78 is 7.32. The minimum atomic E-state index is -0.972. The van der Waals surface area contributed by atoms with Crippen molar-refractivity contribution in [3.63, 3.8) is 0 Å². The quantitative estimate of drug-likeness (QED) is 0.632. The van der Waals surface area contributed by atoms with Crippen LogP contribution < -0.4 is 5.32 Å². The van der Waals surface area contributed by atoms with Gasteiger partial charge in [-0.15, -0.1) is 0 Å². The van der Waals surface area contributed by atoms with Crippen LogP contribution >= 0.6 is 0 Å². The highest BCUT2D eigenvalue weighted by Gasteiger charge is 2.29. The summed E-state index contributed by atoms with van der Waals surface area (Å²) in [5.41, 5.74) is 1.86. The SMILES string of the molecule is CC(C)(C)OC(=O)N1CCC(n2cc(C(O)c3ncc4c5c(cccc35)C(=O)N4)cn2)CC1. The summed E-state index contributed by atoms with van der Waals surface area (Å²) in [6, 6.07) is 5.57. The van der Waals surface area contributed by atoms with Crippen LogP contribution in [0.2, 0.25) is 0 Å². The van der Waals surface area contributed by atoms with Crippen molar-refractivity contribution in [3.8, 4) is 0 Å². The molecule has 0 saturated carbocycles. The Morgan fingerprint density at radius 2 is 2.00 bits per heavy atom. The molecule has 1 saturated heterocycles. The fourth-order valence-electron chi connectivity index (χ4n) is 4.51. The van der Waals surface area contributed by atoms with E-state index in [1.54, 1.807) is 29.4 Å². The van der Waals surface area contributed by atoms with Gasteiger partial charge >= 0.3 is 6.09 Å². The zero-order chi connectivity index (χ0) is 23.3. The van der Waals surface area contributed by atoms with E-state index in [2.05, 4.69) is 15.4 Å². The number of hydrogen-bond donors (Lipinski definition) is 2. The molecular formula is C24H27N5O4. The largest absolute Gasteiger partial charge is 0.444 e. The molecule has 172 valence electrons. The van der Waals surface area contributed by atoms with Gasteiger partial charge < -0.3 is 20.1 Å². The number of amides is 2. The lowest BCUT2D eigenvalue weighted by Crippen LogP contribution is -2.42. The molecule has 0 radical (unpaired) electrons. The maximum absolute atomic E-state index is 12.3. The van der Waals surface area contributed by atoms with Gasteiger partial charge in [0.2, 0.25) is 0 Å². The van der Waals surface area contributed by atoms with Gasteiger partial charge in [-0.1, -0.05) is 12.1 Å². The molecule has 2 aliphatic rings. The van der Waals surface area contributed by atoms with E-state index < -0.39 is 11.7 Å². The zero-order valence-electron chi connectivity index (χ0n) is 18.9. The van der Waals surface area contributed by atoms with E-state index in [-0.39, 0.29) is 18.0 Å². The third-order valence-electron chi connectivity index (χ3n) is 6.12. The first-order valence-corrected chi connectivity index (χ1v) is 11.1. The molecular weight excluding hydrogens is 422 g/mol. The highest BCUT2D eigenvalue weighted by atomic mass is 16.6. The number of hydrogen-bond acceptors (Lipinski definition) is 6. The van der Waals surface area contributed by atoms with Gasteiger partial charge in [0.15, 0.2) is 0 Å². The monoisotopic (exact) mass is 449 g/mol. The summed E-state index contributed by atoms with van der Waals surface area (Å²) in [6.07, 6.45) is 5.33. The van der Waals surface area contributed by atoms with Crippen molar-refractivity contribution < 1.29 is 19.4 Å². The maximum Gasteiger partial charge on any atom is 0.410 e. The van der Waals surface area contributed by atoms with Gasteiger partial charge in [0, 0.05) is 41.2 Å². The molecule has 9 heteroatoms. The Morgan fingerprint density at radius 1 is 1.24 bits per heavy atom. The first kappa shape index (κ1) is 21.4. The number of nitrogens with zero attached hydrogens (tertiary/aromatic N) is 4. The van der Waals surface area contributed by atoms with Crippen LogP contribution in [0.1, 0.15) is 67.4 Å². The lowest BCUT2D eigenvalue weighted by Gasteiger charge is -2.33. The molecule has 1 aromatic carbocycles. The van der Waals surface area contributed by atoms with Gasteiger partial charge in [0.25, 0.3) is 5.91 Å². The summed E-state index contributed by atoms with van der Waals surface area (Å²) in [5, 5.41) is 19.9. The molecule has 2 N–H and O–H groups in total. The van der Waals surface area contributed by atoms with Crippen molar-refractivity contribution in [2.45, 2.75) is 51.4 Å². The van der Waals surface area contributed by atoms with Gasteiger partial charge in [0.1, 0.15) is 11.7 Å². The first-order valence-electron chi connectivity index (χ1n) is 11.1. The minimum absolute atomic E-state index is 0.132. The van der Waals surface area contributed by atoms with Gasteiger partial charge in [-0.25, -0.2) is 4.79 Å². The molecule has 1 fully saturated rings. The van der Waals surface area contributed by atoms with Crippen molar-refractivity contribution in [3.05, 3.63) is 53.6 Å². The molecule has 0 spiro atoms. The lowest BCUT2D eigenvalue weighted by atomic mass is 10.00. The number of nitrogens with one attached hydrogen (secondary N) is 1. The second-order valence-electron chi connectivity index (χ2n) is 9.59. The molecule has 33 heavy (non-hydrogen) atoms. The Labute approximate surface area is 191 Å². The number of piperidine rings is 1. The molecule has 0 bridgehead atoms. The van der Waals surface area contributed by atoms with E-state index in [1.165, 1.54) is 0 Å². The average Bonchev–Trinajstić information content (AvgIpc) is 3.39. The lowest BCUT2D eigenvalue weighted by molar-refractivity contribution is 0.0184. The van der Waals surface area contributed by atoms with Crippen molar-refractivity contribution in [1.29, 1.82) is 0 Å². The predicted octanol–water partition coefficient (Wildman–Crippen LogP) is 3.65. The molecule has 9 nitrogen and oxygen atoms in total. The Bertz CT molecular complexity index is 1240. The standard InChI is InChI=1S/C24H27N5O4/c1-24(2,3)33-23(32)28-9-7-15(8-10-28)29-13-14(11-26-29)21(30)20-16-5-4-6-17-19(16)18(12-25-20)27-22(17)31/h4-6,11-13,15,21,30H,7-10H2,1-3H3,(H,27,31). The van der Waals surface area contributed by atoms with Crippen molar-refractivity contribution in [1.82, 2.24) is 19.7 Å². The molecule has 2 aliphatic heterocycles. The predicted molar refractivity (Wildman–Crippen MR) is 122 cm³/mol. The minimum Gasteiger partial charge on any atom is -0.444 e. The number of aliphatic hydroxyl groups excluding tert-OH is 1. The summed E-state index contributed by atoms with van der Waals surface area (Å²) in [6.45, 7) is 6.77. The fraction of sp³-hybridized carbons (Fsp3) is 0.417. The molecule has 1 atom stereocenters. The third kappa shape index (κ3) is 3.93. The van der Waals surface area contributed by atoms with E-state index in [9.17, 15) is 14.7 Å². The normalized spacial score (nSPS) is 17.3. The second kappa shape index (κ2) is 7.84. The molecule has 3 aromatic rings. The van der Waals surface area contributed by atoms with Crippen LogP contribution in [0.5, 0.6) is 0 Å². The number of carbonyl (C=O) groups is 2. The number of carbonyl (C=O) groups excluding carboxylic acids is 2. The van der Waals surface area contributed by atoms with E-state index in [4.69, 9.17) is 4.74 Å².